The third-order valence-corrected chi connectivity index (χ3v) is 5.23. The normalized spacial score (nSPS) is 21.3. The van der Waals surface area contributed by atoms with Gasteiger partial charge >= 0.3 is 0 Å². The van der Waals surface area contributed by atoms with Gasteiger partial charge in [-0.15, -0.1) is 0 Å². The molecule has 0 bridgehead atoms. The van der Waals surface area contributed by atoms with Crippen LogP contribution in [0.15, 0.2) is 48.5 Å². The standard InChI is InChI=1S/C20H20Cl2N2O4/c21-14-7-4-8-15(22)17(14)20(27)24-10-16-18(25)13(11-28-16)9-23-19(26)12-5-2-1-3-6-12/h1-8,13,16,18,25H,9-11H2,(H,23,26)(H,24,27)/t13-,16-,18+/m1/s1. The van der Waals surface area contributed by atoms with Crippen LogP contribution in [0.4, 0.5) is 0 Å². The van der Waals surface area contributed by atoms with Gasteiger partial charge in [0.2, 0.25) is 0 Å². The average Bonchev–Trinajstić information content (AvgIpc) is 3.04. The summed E-state index contributed by atoms with van der Waals surface area (Å²) in [5.74, 6) is -0.913. The first kappa shape index (κ1) is 20.6. The number of hydrogen-bond donors (Lipinski definition) is 3. The van der Waals surface area contributed by atoms with E-state index >= 15 is 0 Å². The molecule has 0 unspecified atom stereocenters. The first-order valence-corrected chi connectivity index (χ1v) is 9.58. The summed E-state index contributed by atoms with van der Waals surface area (Å²) in [5.41, 5.74) is 0.737. The Morgan fingerprint density at radius 1 is 0.964 bits per heavy atom. The van der Waals surface area contributed by atoms with Gasteiger partial charge in [-0.3, -0.25) is 9.59 Å². The van der Waals surface area contributed by atoms with Crippen molar-refractivity contribution in [1.29, 1.82) is 0 Å². The average molecular weight is 423 g/mol. The van der Waals surface area contributed by atoms with Crippen LogP contribution in [0, 0.1) is 5.92 Å². The van der Waals surface area contributed by atoms with Crippen molar-refractivity contribution in [2.45, 2.75) is 12.2 Å². The molecule has 148 valence electrons. The molecule has 2 aromatic rings. The van der Waals surface area contributed by atoms with Crippen molar-refractivity contribution in [3.8, 4) is 0 Å². The minimum Gasteiger partial charge on any atom is -0.390 e. The molecular formula is C20H20Cl2N2O4. The highest BCUT2D eigenvalue weighted by Crippen LogP contribution is 2.24. The largest absolute Gasteiger partial charge is 0.390 e. The number of aliphatic hydroxyl groups is 1. The molecule has 8 heteroatoms. The Kier molecular flexibility index (Phi) is 6.91. The van der Waals surface area contributed by atoms with Crippen molar-refractivity contribution in [2.24, 2.45) is 5.92 Å². The lowest BCUT2D eigenvalue weighted by molar-refractivity contribution is 0.0384. The van der Waals surface area contributed by atoms with Crippen LogP contribution in [0.5, 0.6) is 0 Å². The lowest BCUT2D eigenvalue weighted by Gasteiger charge is -2.18. The maximum Gasteiger partial charge on any atom is 0.254 e. The Bertz CT molecular complexity index is 827. The van der Waals surface area contributed by atoms with Crippen molar-refractivity contribution >= 4 is 35.0 Å². The summed E-state index contributed by atoms with van der Waals surface area (Å²) in [4.78, 5) is 24.4. The minimum absolute atomic E-state index is 0.102. The van der Waals surface area contributed by atoms with Crippen molar-refractivity contribution < 1.29 is 19.4 Å². The van der Waals surface area contributed by atoms with Crippen LogP contribution in [-0.2, 0) is 4.74 Å². The van der Waals surface area contributed by atoms with Gasteiger partial charge in [-0.05, 0) is 24.3 Å². The molecule has 0 spiro atoms. The second-order valence-corrected chi connectivity index (χ2v) is 7.32. The molecule has 28 heavy (non-hydrogen) atoms. The highest BCUT2D eigenvalue weighted by molar-refractivity contribution is 6.39. The highest BCUT2D eigenvalue weighted by atomic mass is 35.5. The number of hydrogen-bond acceptors (Lipinski definition) is 4. The Labute approximate surface area is 172 Å². The maximum absolute atomic E-state index is 12.3. The van der Waals surface area contributed by atoms with Gasteiger partial charge in [0.25, 0.3) is 11.8 Å². The molecule has 2 aromatic carbocycles. The fourth-order valence-electron chi connectivity index (χ4n) is 3.02. The predicted octanol–water partition coefficient (Wildman–Crippen LogP) is 2.53. The van der Waals surface area contributed by atoms with Gasteiger partial charge in [-0.1, -0.05) is 47.5 Å². The van der Waals surface area contributed by atoms with E-state index in [1.165, 1.54) is 0 Å². The first-order chi connectivity index (χ1) is 13.5. The van der Waals surface area contributed by atoms with E-state index in [0.717, 1.165) is 0 Å². The highest BCUT2D eigenvalue weighted by Gasteiger charge is 2.36. The predicted molar refractivity (Wildman–Crippen MR) is 107 cm³/mol. The molecule has 1 fully saturated rings. The summed E-state index contributed by atoms with van der Waals surface area (Å²) in [5, 5.41) is 16.4. The summed E-state index contributed by atoms with van der Waals surface area (Å²) >= 11 is 12.1. The molecule has 0 aliphatic carbocycles. The third-order valence-electron chi connectivity index (χ3n) is 4.60. The van der Waals surface area contributed by atoms with E-state index in [9.17, 15) is 14.7 Å². The van der Waals surface area contributed by atoms with Crippen LogP contribution in [0.3, 0.4) is 0 Å². The molecule has 3 N–H and O–H groups in total. The van der Waals surface area contributed by atoms with Crippen LogP contribution in [0.2, 0.25) is 10.0 Å². The van der Waals surface area contributed by atoms with Crippen LogP contribution >= 0.6 is 23.2 Å². The lowest BCUT2D eigenvalue weighted by atomic mass is 10.0. The van der Waals surface area contributed by atoms with Gasteiger partial charge in [0, 0.05) is 24.6 Å². The van der Waals surface area contributed by atoms with Gasteiger partial charge in [0.15, 0.2) is 0 Å². The van der Waals surface area contributed by atoms with Crippen LogP contribution in [-0.4, -0.2) is 48.8 Å². The number of nitrogens with one attached hydrogen (secondary N) is 2. The molecule has 6 nitrogen and oxygen atoms in total. The zero-order valence-corrected chi connectivity index (χ0v) is 16.4. The number of carbonyl (C=O) groups excluding carboxylic acids is 2. The molecule has 1 aliphatic heterocycles. The molecule has 1 saturated heterocycles. The fourth-order valence-corrected chi connectivity index (χ4v) is 3.59. The monoisotopic (exact) mass is 422 g/mol. The number of ether oxygens (including phenoxy) is 1. The molecule has 0 saturated carbocycles. The summed E-state index contributed by atoms with van der Waals surface area (Å²) in [6.45, 7) is 0.657. The number of aliphatic hydroxyl groups excluding tert-OH is 1. The number of rotatable bonds is 6. The van der Waals surface area contributed by atoms with Gasteiger partial charge < -0.3 is 20.5 Å². The SMILES string of the molecule is O=C(NC[C@@H]1CO[C@H](CNC(=O)c2c(Cl)cccc2Cl)[C@H]1O)c1ccccc1. The molecule has 1 aliphatic rings. The molecule has 0 aromatic heterocycles. The number of halogens is 2. The fraction of sp³-hybridized carbons (Fsp3) is 0.300. The molecule has 3 rings (SSSR count). The minimum atomic E-state index is -0.821. The van der Waals surface area contributed by atoms with Crippen molar-refractivity contribution in [2.75, 3.05) is 19.7 Å². The van der Waals surface area contributed by atoms with Crippen LogP contribution in [0.25, 0.3) is 0 Å². The second kappa shape index (κ2) is 9.39. The summed E-state index contributed by atoms with van der Waals surface area (Å²) in [6, 6.07) is 13.6. The van der Waals surface area contributed by atoms with Crippen molar-refractivity contribution in [3.63, 3.8) is 0 Å². The van der Waals surface area contributed by atoms with E-state index in [1.807, 2.05) is 6.07 Å². The first-order valence-electron chi connectivity index (χ1n) is 8.82. The second-order valence-electron chi connectivity index (χ2n) is 6.51. The van der Waals surface area contributed by atoms with Gasteiger partial charge in [-0.2, -0.15) is 0 Å². The van der Waals surface area contributed by atoms with E-state index in [0.29, 0.717) is 5.56 Å². The molecule has 1 heterocycles. The molecule has 2 amide bonds. The Hall–Kier alpha value is -2.12. The summed E-state index contributed by atoms with van der Waals surface area (Å²) < 4.78 is 5.58. The topological polar surface area (TPSA) is 87.7 Å². The zero-order valence-electron chi connectivity index (χ0n) is 14.9. The quantitative estimate of drug-likeness (QED) is 0.667. The van der Waals surface area contributed by atoms with Gasteiger partial charge in [0.05, 0.1) is 28.3 Å². The Morgan fingerprint density at radius 2 is 1.61 bits per heavy atom. The van der Waals surface area contributed by atoms with Crippen molar-refractivity contribution in [3.05, 3.63) is 69.7 Å². The van der Waals surface area contributed by atoms with E-state index in [1.54, 1.807) is 42.5 Å². The number of carbonyl (C=O) groups is 2. The molecule has 3 atom stereocenters. The number of benzene rings is 2. The summed E-state index contributed by atoms with van der Waals surface area (Å²) in [7, 11) is 0. The van der Waals surface area contributed by atoms with Crippen LogP contribution in [0.1, 0.15) is 20.7 Å². The van der Waals surface area contributed by atoms with Crippen molar-refractivity contribution in [1.82, 2.24) is 10.6 Å². The number of amides is 2. The summed E-state index contributed by atoms with van der Waals surface area (Å²) in [6.07, 6.45) is -1.40. The smallest absolute Gasteiger partial charge is 0.254 e. The zero-order chi connectivity index (χ0) is 20.1. The van der Waals surface area contributed by atoms with E-state index < -0.39 is 18.1 Å². The maximum atomic E-state index is 12.3. The van der Waals surface area contributed by atoms with Crippen LogP contribution < -0.4 is 10.6 Å². The van der Waals surface area contributed by atoms with Gasteiger partial charge in [-0.25, -0.2) is 0 Å². The molecular weight excluding hydrogens is 403 g/mol. The van der Waals surface area contributed by atoms with Gasteiger partial charge in [0.1, 0.15) is 6.10 Å². The Morgan fingerprint density at radius 3 is 2.29 bits per heavy atom. The van der Waals surface area contributed by atoms with E-state index in [2.05, 4.69) is 10.6 Å². The molecule has 0 radical (unpaired) electrons. The Balaban J connectivity index is 1.49. The van der Waals surface area contributed by atoms with E-state index in [4.69, 9.17) is 27.9 Å². The lowest BCUT2D eigenvalue weighted by Crippen LogP contribution is -2.41. The third kappa shape index (κ3) is 4.83. The van der Waals surface area contributed by atoms with E-state index in [-0.39, 0.29) is 47.1 Å².